The van der Waals surface area contributed by atoms with Crippen molar-refractivity contribution in [2.75, 3.05) is 13.2 Å². The lowest BCUT2D eigenvalue weighted by Gasteiger charge is -2.37. The van der Waals surface area contributed by atoms with Gasteiger partial charge in [-0.1, -0.05) is 32.0 Å². The van der Waals surface area contributed by atoms with Crippen LogP contribution in [0.3, 0.4) is 0 Å². The van der Waals surface area contributed by atoms with Gasteiger partial charge < -0.3 is 9.64 Å². The summed E-state index contributed by atoms with van der Waals surface area (Å²) in [5.74, 6) is 0.699. The first-order chi connectivity index (χ1) is 9.79. The standard InChI is InChI=1S/C15H22N2OS2/c1-3-11(2)15-17(12-4-6-18-7-5-12)9-14(20-15)13-8-16-10-19-13/h8-12,15H,3-7H2,1-2H3. The van der Waals surface area contributed by atoms with Crippen molar-refractivity contribution in [2.24, 2.45) is 5.92 Å². The zero-order valence-electron chi connectivity index (χ0n) is 12.1. The Morgan fingerprint density at radius 3 is 2.90 bits per heavy atom. The smallest absolute Gasteiger partial charge is 0.0821 e. The Kier molecular flexibility index (Phi) is 4.68. The van der Waals surface area contributed by atoms with E-state index < -0.39 is 0 Å². The van der Waals surface area contributed by atoms with Gasteiger partial charge in [0.05, 0.1) is 15.8 Å². The molecule has 2 aliphatic heterocycles. The van der Waals surface area contributed by atoms with Gasteiger partial charge in [-0.15, -0.1) is 11.3 Å². The van der Waals surface area contributed by atoms with Crippen molar-refractivity contribution in [1.82, 2.24) is 9.88 Å². The zero-order chi connectivity index (χ0) is 13.9. The van der Waals surface area contributed by atoms with Crippen LogP contribution in [0.5, 0.6) is 0 Å². The average molecular weight is 310 g/mol. The van der Waals surface area contributed by atoms with Gasteiger partial charge in [-0.25, -0.2) is 0 Å². The van der Waals surface area contributed by atoms with Gasteiger partial charge in [0.1, 0.15) is 0 Å². The second-order valence-corrected chi connectivity index (χ2v) is 7.59. The molecule has 0 aromatic carbocycles. The molecule has 1 fully saturated rings. The average Bonchev–Trinajstić information content (AvgIpc) is 3.16. The maximum atomic E-state index is 5.52. The van der Waals surface area contributed by atoms with Crippen LogP contribution in [0.2, 0.25) is 0 Å². The molecule has 0 bridgehead atoms. The second-order valence-electron chi connectivity index (χ2n) is 5.54. The fourth-order valence-corrected chi connectivity index (χ4v) is 5.00. The second kappa shape index (κ2) is 6.50. The molecule has 0 saturated carbocycles. The number of thioether (sulfide) groups is 1. The summed E-state index contributed by atoms with van der Waals surface area (Å²) < 4.78 is 5.52. The van der Waals surface area contributed by atoms with Crippen molar-refractivity contribution in [2.45, 2.75) is 44.5 Å². The number of nitrogens with zero attached hydrogens (tertiary/aromatic N) is 2. The lowest BCUT2D eigenvalue weighted by molar-refractivity contribution is 0.0428. The molecule has 110 valence electrons. The molecule has 0 aliphatic carbocycles. The molecule has 0 N–H and O–H groups in total. The van der Waals surface area contributed by atoms with Gasteiger partial charge in [-0.3, -0.25) is 4.98 Å². The van der Waals surface area contributed by atoms with Gasteiger partial charge in [0.25, 0.3) is 0 Å². The number of thiazole rings is 1. The van der Waals surface area contributed by atoms with E-state index in [-0.39, 0.29) is 0 Å². The van der Waals surface area contributed by atoms with Gasteiger partial charge in [-0.2, -0.15) is 0 Å². The Labute approximate surface area is 129 Å². The summed E-state index contributed by atoms with van der Waals surface area (Å²) in [5.41, 5.74) is 1.92. The fraction of sp³-hybridized carbons (Fsp3) is 0.667. The molecule has 0 amide bonds. The van der Waals surface area contributed by atoms with E-state index in [1.807, 2.05) is 23.5 Å². The highest BCUT2D eigenvalue weighted by Gasteiger charge is 2.35. The molecule has 1 aromatic rings. The molecule has 1 aromatic heterocycles. The van der Waals surface area contributed by atoms with Crippen LogP contribution in [0.1, 0.15) is 38.0 Å². The van der Waals surface area contributed by atoms with Crippen LogP contribution in [0.25, 0.3) is 4.91 Å². The normalized spacial score (nSPS) is 25.8. The Hall–Kier alpha value is -0.520. The number of ether oxygens (including phenoxy) is 1. The van der Waals surface area contributed by atoms with Crippen molar-refractivity contribution in [1.29, 1.82) is 0 Å². The van der Waals surface area contributed by atoms with Crippen molar-refractivity contribution in [3.63, 3.8) is 0 Å². The number of aromatic nitrogens is 1. The predicted octanol–water partition coefficient (Wildman–Crippen LogP) is 4.04. The van der Waals surface area contributed by atoms with Crippen molar-refractivity contribution >= 4 is 28.0 Å². The van der Waals surface area contributed by atoms with Crippen LogP contribution in [0, 0.1) is 5.92 Å². The lowest BCUT2D eigenvalue weighted by atomic mass is 10.0. The molecule has 2 unspecified atom stereocenters. The van der Waals surface area contributed by atoms with Crippen LogP contribution in [0.15, 0.2) is 17.9 Å². The maximum Gasteiger partial charge on any atom is 0.0821 e. The zero-order valence-corrected chi connectivity index (χ0v) is 13.8. The number of hydrogen-bond acceptors (Lipinski definition) is 5. The Morgan fingerprint density at radius 2 is 2.25 bits per heavy atom. The molecule has 20 heavy (non-hydrogen) atoms. The molecule has 0 radical (unpaired) electrons. The van der Waals surface area contributed by atoms with E-state index in [1.54, 1.807) is 11.3 Å². The Morgan fingerprint density at radius 1 is 1.45 bits per heavy atom. The fourth-order valence-electron chi connectivity index (χ4n) is 2.80. The van der Waals surface area contributed by atoms with Crippen molar-refractivity contribution in [3.05, 3.63) is 22.8 Å². The summed E-state index contributed by atoms with van der Waals surface area (Å²) in [7, 11) is 0. The summed E-state index contributed by atoms with van der Waals surface area (Å²) in [6.07, 6.45) is 7.90. The Balaban J connectivity index is 1.81. The minimum absolute atomic E-state index is 0.570. The third kappa shape index (κ3) is 2.90. The first-order valence-electron chi connectivity index (χ1n) is 7.42. The quantitative estimate of drug-likeness (QED) is 0.838. The molecule has 3 rings (SSSR count). The van der Waals surface area contributed by atoms with Crippen LogP contribution < -0.4 is 0 Å². The molecule has 1 saturated heterocycles. The van der Waals surface area contributed by atoms with Gasteiger partial charge in [0, 0.05) is 36.6 Å². The third-order valence-electron chi connectivity index (χ3n) is 4.23. The highest BCUT2D eigenvalue weighted by Crippen LogP contribution is 2.46. The summed E-state index contributed by atoms with van der Waals surface area (Å²) >= 11 is 3.76. The SMILES string of the molecule is CCC(C)C1SC(c2cncs2)=CN1C1CCOCC1. The Bertz CT molecular complexity index is 454. The van der Waals surface area contributed by atoms with Crippen LogP contribution in [-0.2, 0) is 4.74 Å². The number of rotatable bonds is 4. The van der Waals surface area contributed by atoms with Gasteiger partial charge >= 0.3 is 0 Å². The maximum absolute atomic E-state index is 5.52. The molecule has 0 spiro atoms. The number of hydrogen-bond donors (Lipinski definition) is 0. The van der Waals surface area contributed by atoms with Gasteiger partial charge in [-0.05, 0) is 18.8 Å². The minimum atomic E-state index is 0.570. The van der Waals surface area contributed by atoms with Gasteiger partial charge in [0.15, 0.2) is 0 Å². The van der Waals surface area contributed by atoms with Crippen LogP contribution in [0.4, 0.5) is 0 Å². The molecule has 5 heteroatoms. The van der Waals surface area contributed by atoms with E-state index in [0.29, 0.717) is 17.3 Å². The van der Waals surface area contributed by atoms with E-state index in [2.05, 4.69) is 29.9 Å². The lowest BCUT2D eigenvalue weighted by Crippen LogP contribution is -2.41. The molecule has 3 nitrogen and oxygen atoms in total. The van der Waals surface area contributed by atoms with E-state index >= 15 is 0 Å². The minimum Gasteiger partial charge on any atom is -0.381 e. The third-order valence-corrected chi connectivity index (χ3v) is 6.69. The van der Waals surface area contributed by atoms with E-state index in [1.165, 1.54) is 16.2 Å². The van der Waals surface area contributed by atoms with Gasteiger partial charge in [0.2, 0.25) is 0 Å². The van der Waals surface area contributed by atoms with Crippen molar-refractivity contribution < 1.29 is 4.74 Å². The summed E-state index contributed by atoms with van der Waals surface area (Å²) in [6, 6.07) is 0.640. The van der Waals surface area contributed by atoms with Crippen LogP contribution >= 0.6 is 23.1 Å². The highest BCUT2D eigenvalue weighted by atomic mass is 32.2. The van der Waals surface area contributed by atoms with E-state index in [9.17, 15) is 0 Å². The monoisotopic (exact) mass is 310 g/mol. The van der Waals surface area contributed by atoms with Crippen LogP contribution in [-0.4, -0.2) is 34.5 Å². The topological polar surface area (TPSA) is 25.4 Å². The summed E-state index contributed by atoms with van der Waals surface area (Å²) in [4.78, 5) is 9.52. The molecule has 2 atom stereocenters. The first-order valence-corrected chi connectivity index (χ1v) is 9.18. The van der Waals surface area contributed by atoms with Crippen molar-refractivity contribution in [3.8, 4) is 0 Å². The first kappa shape index (κ1) is 14.4. The van der Waals surface area contributed by atoms with E-state index in [4.69, 9.17) is 4.74 Å². The summed E-state index contributed by atoms with van der Waals surface area (Å²) in [6.45, 7) is 6.47. The largest absolute Gasteiger partial charge is 0.381 e. The van der Waals surface area contributed by atoms with E-state index in [0.717, 1.165) is 26.1 Å². The highest BCUT2D eigenvalue weighted by molar-refractivity contribution is 8.09. The molecule has 3 heterocycles. The molecule has 2 aliphatic rings. The summed E-state index contributed by atoms with van der Waals surface area (Å²) in [5, 5.41) is 0.570. The predicted molar refractivity (Wildman–Crippen MR) is 86.6 cm³/mol. The molecular formula is C15H22N2OS2. The molecular weight excluding hydrogens is 288 g/mol.